The predicted molar refractivity (Wildman–Crippen MR) is 159 cm³/mol. The van der Waals surface area contributed by atoms with Gasteiger partial charge in [0.2, 0.25) is 0 Å². The van der Waals surface area contributed by atoms with E-state index in [0.29, 0.717) is 36.8 Å². The molecule has 11 nitrogen and oxygen atoms in total. The van der Waals surface area contributed by atoms with Crippen molar-refractivity contribution in [2.24, 2.45) is 0 Å². The average molecular weight is 579 g/mol. The van der Waals surface area contributed by atoms with Crippen molar-refractivity contribution in [2.75, 3.05) is 50.0 Å². The van der Waals surface area contributed by atoms with Crippen LogP contribution in [0, 0.1) is 0 Å². The predicted octanol–water partition coefficient (Wildman–Crippen LogP) is 3.54. The number of anilines is 2. The molecule has 224 valence electrons. The van der Waals surface area contributed by atoms with Crippen LogP contribution in [0.1, 0.15) is 18.4 Å². The summed E-state index contributed by atoms with van der Waals surface area (Å²) in [6.45, 7) is 2.18. The maximum Gasteiger partial charge on any atom is 0.341 e. The van der Waals surface area contributed by atoms with Crippen LogP contribution in [0.3, 0.4) is 0 Å². The molecule has 0 saturated carbocycles. The number of likely N-dealkylation sites (tertiary alicyclic amines) is 1. The van der Waals surface area contributed by atoms with Gasteiger partial charge in [-0.2, -0.15) is 0 Å². The van der Waals surface area contributed by atoms with Gasteiger partial charge in [0.05, 0.1) is 0 Å². The number of hydrogen-bond donors (Lipinski definition) is 6. The molecule has 0 spiro atoms. The lowest BCUT2D eigenvalue weighted by molar-refractivity contribution is -0.139. The normalized spacial score (nSPS) is 14.2. The maximum absolute atomic E-state index is 12.7. The molecule has 11 heteroatoms. The van der Waals surface area contributed by atoms with Gasteiger partial charge in [0.1, 0.15) is 30.0 Å². The van der Waals surface area contributed by atoms with Crippen molar-refractivity contribution in [1.82, 2.24) is 10.2 Å². The number of rotatable bonds is 14. The molecule has 1 aliphatic rings. The van der Waals surface area contributed by atoms with Gasteiger partial charge in [0.15, 0.2) is 6.61 Å². The number of carboxylic acid groups (broad SMARTS) is 1. The van der Waals surface area contributed by atoms with E-state index in [-0.39, 0.29) is 24.4 Å². The van der Waals surface area contributed by atoms with E-state index in [1.54, 1.807) is 53.4 Å². The van der Waals surface area contributed by atoms with Crippen LogP contribution >= 0.6 is 0 Å². The minimum Gasteiger partial charge on any atom is -0.508 e. The first kappa shape index (κ1) is 30.5. The summed E-state index contributed by atoms with van der Waals surface area (Å²) in [6.07, 6.45) is 1.86. The third-order valence-electron chi connectivity index (χ3n) is 6.82. The van der Waals surface area contributed by atoms with Crippen molar-refractivity contribution in [3.8, 4) is 17.2 Å². The van der Waals surface area contributed by atoms with E-state index in [4.69, 9.17) is 14.6 Å². The Balaban J connectivity index is 1.09. The van der Waals surface area contributed by atoms with Crippen LogP contribution in [0.2, 0.25) is 0 Å². The molecule has 1 atom stereocenters. The van der Waals surface area contributed by atoms with Crippen LogP contribution in [0.15, 0.2) is 72.8 Å². The number of nitrogens with one attached hydrogen (secondary N) is 3. The average Bonchev–Trinajstić information content (AvgIpc) is 3.00. The highest BCUT2D eigenvalue weighted by Gasteiger charge is 2.23. The number of aliphatic hydroxyl groups excluding tert-OH is 1. The van der Waals surface area contributed by atoms with Gasteiger partial charge in [0.25, 0.3) is 0 Å². The molecule has 0 bridgehead atoms. The summed E-state index contributed by atoms with van der Waals surface area (Å²) >= 11 is 0. The molecule has 4 rings (SSSR count). The molecule has 3 aromatic carbocycles. The maximum atomic E-state index is 12.7. The Hall–Kier alpha value is -4.48. The largest absolute Gasteiger partial charge is 0.508 e. The van der Waals surface area contributed by atoms with Crippen LogP contribution in [0.5, 0.6) is 17.2 Å². The van der Waals surface area contributed by atoms with E-state index < -0.39 is 18.7 Å². The Morgan fingerprint density at radius 1 is 0.881 bits per heavy atom. The first-order chi connectivity index (χ1) is 20.3. The van der Waals surface area contributed by atoms with Gasteiger partial charge in [-0.15, -0.1) is 0 Å². The fourth-order valence-electron chi connectivity index (χ4n) is 4.51. The molecule has 6 N–H and O–H groups in total. The van der Waals surface area contributed by atoms with Crippen molar-refractivity contribution in [2.45, 2.75) is 31.4 Å². The standard InChI is InChI=1S/C31H38N4O7/c36-26-7-11-29(12-8-26)41-20-27(37)19-32-16-13-22-1-3-23(4-2-22)33-25-14-17-35(18-15-25)31(40)34-24-5-9-28(10-6-24)42-21-30(38)39/h1-12,25,27,32-33,36-37H,13-21H2,(H,34,40)(H,38,39)/t27-/m0/s1. The Labute approximate surface area is 245 Å². The smallest absolute Gasteiger partial charge is 0.341 e. The van der Waals surface area contributed by atoms with E-state index in [9.17, 15) is 19.8 Å². The molecule has 0 aromatic heterocycles. The van der Waals surface area contributed by atoms with Crippen LogP contribution < -0.4 is 25.4 Å². The van der Waals surface area contributed by atoms with E-state index in [0.717, 1.165) is 31.5 Å². The lowest BCUT2D eigenvalue weighted by Gasteiger charge is -2.33. The number of aliphatic carboxylic acids is 1. The van der Waals surface area contributed by atoms with Crippen molar-refractivity contribution in [1.29, 1.82) is 0 Å². The zero-order valence-electron chi connectivity index (χ0n) is 23.4. The number of ether oxygens (including phenoxy) is 2. The van der Waals surface area contributed by atoms with Crippen molar-refractivity contribution >= 4 is 23.4 Å². The van der Waals surface area contributed by atoms with Gasteiger partial charge in [-0.25, -0.2) is 9.59 Å². The number of aromatic hydroxyl groups is 1. The minimum absolute atomic E-state index is 0.164. The third-order valence-corrected chi connectivity index (χ3v) is 6.82. The van der Waals surface area contributed by atoms with Crippen molar-refractivity contribution in [3.63, 3.8) is 0 Å². The summed E-state index contributed by atoms with van der Waals surface area (Å²) in [5.41, 5.74) is 2.85. The number of carboxylic acids is 1. The molecule has 1 aliphatic heterocycles. The Morgan fingerprint density at radius 3 is 2.17 bits per heavy atom. The van der Waals surface area contributed by atoms with Crippen LogP contribution in [0.4, 0.5) is 16.2 Å². The molecular weight excluding hydrogens is 540 g/mol. The van der Waals surface area contributed by atoms with E-state index in [1.807, 2.05) is 0 Å². The highest BCUT2D eigenvalue weighted by atomic mass is 16.5. The summed E-state index contributed by atoms with van der Waals surface area (Å²) < 4.78 is 10.6. The van der Waals surface area contributed by atoms with E-state index >= 15 is 0 Å². The number of carbonyl (C=O) groups excluding carboxylic acids is 1. The molecule has 3 aromatic rings. The zero-order valence-corrected chi connectivity index (χ0v) is 23.4. The lowest BCUT2D eigenvalue weighted by atomic mass is 10.0. The summed E-state index contributed by atoms with van der Waals surface area (Å²) in [4.78, 5) is 25.1. The Morgan fingerprint density at radius 2 is 1.50 bits per heavy atom. The number of phenolic OH excluding ortho intramolecular Hbond substituents is 1. The zero-order chi connectivity index (χ0) is 29.7. The van der Waals surface area contributed by atoms with Gasteiger partial charge in [-0.1, -0.05) is 12.1 Å². The number of carbonyl (C=O) groups is 2. The van der Waals surface area contributed by atoms with E-state index in [2.05, 4.69) is 40.2 Å². The molecule has 1 saturated heterocycles. The second kappa shape index (κ2) is 15.5. The van der Waals surface area contributed by atoms with Crippen LogP contribution in [-0.2, 0) is 11.2 Å². The summed E-state index contributed by atoms with van der Waals surface area (Å²) in [5.74, 6) is 0.154. The second-order valence-corrected chi connectivity index (χ2v) is 10.2. The number of piperidine rings is 1. The van der Waals surface area contributed by atoms with Gasteiger partial charge in [-0.3, -0.25) is 0 Å². The first-order valence-electron chi connectivity index (χ1n) is 14.0. The fraction of sp³-hybridized carbons (Fsp3) is 0.355. The molecule has 1 fully saturated rings. The highest BCUT2D eigenvalue weighted by molar-refractivity contribution is 5.89. The molecule has 42 heavy (non-hydrogen) atoms. The number of benzene rings is 3. The lowest BCUT2D eigenvalue weighted by Crippen LogP contribution is -2.44. The number of nitrogens with zero attached hydrogens (tertiary/aromatic N) is 1. The third kappa shape index (κ3) is 10.2. The van der Waals surface area contributed by atoms with Crippen LogP contribution in [0.25, 0.3) is 0 Å². The van der Waals surface area contributed by atoms with E-state index in [1.165, 1.54) is 5.56 Å². The van der Waals surface area contributed by atoms with Gasteiger partial charge in [0, 0.05) is 37.1 Å². The quantitative estimate of drug-likeness (QED) is 0.158. The van der Waals surface area contributed by atoms with Gasteiger partial charge >= 0.3 is 12.0 Å². The number of aliphatic hydroxyl groups is 1. The minimum atomic E-state index is -1.05. The number of urea groups is 1. The monoisotopic (exact) mass is 578 g/mol. The van der Waals surface area contributed by atoms with Crippen molar-refractivity contribution in [3.05, 3.63) is 78.4 Å². The fourth-order valence-corrected chi connectivity index (χ4v) is 4.51. The van der Waals surface area contributed by atoms with Gasteiger partial charge in [-0.05, 0) is 92.0 Å². The Bertz CT molecular complexity index is 1260. The molecular formula is C31H38N4O7. The molecule has 0 radical (unpaired) electrons. The van der Waals surface area contributed by atoms with Crippen LogP contribution in [-0.4, -0.2) is 83.8 Å². The first-order valence-corrected chi connectivity index (χ1v) is 14.0. The van der Waals surface area contributed by atoms with Crippen molar-refractivity contribution < 1.29 is 34.4 Å². The summed E-state index contributed by atoms with van der Waals surface area (Å²) in [5, 5.41) is 37.8. The number of phenols is 1. The molecule has 0 aliphatic carbocycles. The SMILES string of the molecule is O=C(O)COc1ccc(NC(=O)N2CCC(Nc3ccc(CCNC[C@H](O)COc4ccc(O)cc4)cc3)CC2)cc1. The number of amides is 2. The Kier molecular flexibility index (Phi) is 11.2. The molecule has 0 unspecified atom stereocenters. The molecule has 1 heterocycles. The molecule has 2 amide bonds. The summed E-state index contributed by atoms with van der Waals surface area (Å²) in [6, 6.07) is 21.4. The highest BCUT2D eigenvalue weighted by Crippen LogP contribution is 2.20. The second-order valence-electron chi connectivity index (χ2n) is 10.2. The number of hydrogen-bond acceptors (Lipinski definition) is 8. The summed E-state index contributed by atoms with van der Waals surface area (Å²) in [7, 11) is 0. The topological polar surface area (TPSA) is 153 Å². The van der Waals surface area contributed by atoms with Gasteiger partial charge < -0.3 is 45.6 Å².